The molecule has 4 saturated carbocycles. The monoisotopic (exact) mass is 476 g/mol. The van der Waals surface area contributed by atoms with Crippen LogP contribution in [-0.2, 0) is 22.2 Å². The van der Waals surface area contributed by atoms with E-state index in [0.29, 0.717) is 29.6 Å². The van der Waals surface area contributed by atoms with Crippen LogP contribution in [0, 0.1) is 23.7 Å². The third-order valence-corrected chi connectivity index (χ3v) is 8.04. The first kappa shape index (κ1) is 22.5. The molecule has 3 nitrogen and oxygen atoms in total. The van der Waals surface area contributed by atoms with Gasteiger partial charge in [0, 0.05) is 11.8 Å². The van der Waals surface area contributed by atoms with Gasteiger partial charge in [-0.05, 0) is 85.4 Å². The number of alkyl halides is 3. The van der Waals surface area contributed by atoms with E-state index in [4.69, 9.17) is 16.3 Å². The number of ether oxygens (including phenoxy) is 1. The van der Waals surface area contributed by atoms with E-state index in [1.165, 1.54) is 6.07 Å². The smallest absolute Gasteiger partial charge is 0.416 e. The minimum Gasteiger partial charge on any atom is -0.456 e. The van der Waals surface area contributed by atoms with E-state index < -0.39 is 17.7 Å². The predicted molar refractivity (Wildman–Crippen MR) is 118 cm³/mol. The first-order valence-corrected chi connectivity index (χ1v) is 11.8. The van der Waals surface area contributed by atoms with Gasteiger partial charge in [0.1, 0.15) is 17.4 Å². The molecule has 0 aliphatic heterocycles. The number of carbonyl (C=O) groups excluding carboxylic acids is 2. The molecule has 2 aromatic carbocycles. The van der Waals surface area contributed by atoms with Gasteiger partial charge in [0.25, 0.3) is 0 Å². The summed E-state index contributed by atoms with van der Waals surface area (Å²) < 4.78 is 44.6. The summed E-state index contributed by atoms with van der Waals surface area (Å²) in [6.45, 7) is 1.97. The highest BCUT2D eigenvalue weighted by atomic mass is 35.5. The van der Waals surface area contributed by atoms with Crippen LogP contribution in [0.2, 0.25) is 5.02 Å². The third kappa shape index (κ3) is 3.76. The van der Waals surface area contributed by atoms with Crippen molar-refractivity contribution in [2.24, 2.45) is 23.7 Å². The molecular weight excluding hydrogens is 453 g/mol. The molecule has 4 fully saturated rings. The standard InChI is InChI=1S/C26H24ClF3O3/c1-2-13-7-9-17(33-20-10-8-16(11-19(20)27)26(28,29)30)12-18(13)23-24(31)21-14-3-4-15(6-5-14)22(21)25(23)32/h7-12,14-15,21-23H,2-6H2,1H3. The number of halogens is 4. The van der Waals surface area contributed by atoms with Crippen LogP contribution in [0.5, 0.6) is 11.5 Å². The number of rotatable bonds is 4. The van der Waals surface area contributed by atoms with E-state index in [1.54, 1.807) is 12.1 Å². The van der Waals surface area contributed by atoms with Gasteiger partial charge in [-0.3, -0.25) is 9.59 Å². The van der Waals surface area contributed by atoms with Crippen LogP contribution in [0.25, 0.3) is 0 Å². The number of carbonyl (C=O) groups is 2. The first-order valence-electron chi connectivity index (χ1n) is 11.4. The molecule has 2 bridgehead atoms. The fourth-order valence-electron chi connectivity index (χ4n) is 6.21. The molecule has 4 aliphatic carbocycles. The van der Waals surface area contributed by atoms with Gasteiger partial charge < -0.3 is 4.74 Å². The lowest BCUT2D eigenvalue weighted by atomic mass is 9.59. The van der Waals surface area contributed by atoms with E-state index in [1.807, 2.05) is 13.0 Å². The lowest BCUT2D eigenvalue weighted by Crippen LogP contribution is -2.41. The maximum Gasteiger partial charge on any atom is 0.416 e. The van der Waals surface area contributed by atoms with Gasteiger partial charge in [-0.1, -0.05) is 24.6 Å². The summed E-state index contributed by atoms with van der Waals surface area (Å²) in [4.78, 5) is 26.9. The molecule has 0 radical (unpaired) electrons. The zero-order valence-corrected chi connectivity index (χ0v) is 18.9. The van der Waals surface area contributed by atoms with E-state index in [2.05, 4.69) is 0 Å². The molecule has 2 atom stereocenters. The fourth-order valence-corrected chi connectivity index (χ4v) is 6.43. The Morgan fingerprint density at radius 2 is 1.55 bits per heavy atom. The highest BCUT2D eigenvalue weighted by Crippen LogP contribution is 2.56. The van der Waals surface area contributed by atoms with E-state index in [0.717, 1.165) is 43.4 Å². The van der Waals surface area contributed by atoms with Crippen molar-refractivity contribution in [2.45, 2.75) is 51.1 Å². The fraction of sp³-hybridized carbons (Fsp3) is 0.462. The molecule has 4 aliphatic rings. The lowest BCUT2D eigenvalue weighted by Gasteiger charge is -2.43. The number of hydrogen-bond acceptors (Lipinski definition) is 3. The summed E-state index contributed by atoms with van der Waals surface area (Å²) in [5.74, 6) is -0.0607. The molecule has 33 heavy (non-hydrogen) atoms. The zero-order valence-electron chi connectivity index (χ0n) is 18.1. The van der Waals surface area contributed by atoms with Crippen molar-refractivity contribution >= 4 is 23.2 Å². The summed E-state index contributed by atoms with van der Waals surface area (Å²) in [6, 6.07) is 8.11. The maximum atomic E-state index is 13.5. The second-order valence-electron chi connectivity index (χ2n) is 9.42. The predicted octanol–water partition coefficient (Wildman–Crippen LogP) is 7.00. The molecule has 7 heteroatoms. The Bertz CT molecular complexity index is 1090. The normalized spacial score (nSPS) is 28.8. The summed E-state index contributed by atoms with van der Waals surface area (Å²) >= 11 is 6.05. The molecule has 174 valence electrons. The maximum absolute atomic E-state index is 13.5. The van der Waals surface area contributed by atoms with Crippen molar-refractivity contribution in [1.29, 1.82) is 0 Å². The number of aryl methyl sites for hydroxylation is 1. The van der Waals surface area contributed by atoms with Crippen molar-refractivity contribution in [3.05, 3.63) is 58.1 Å². The number of Topliss-reactive ketones (excluding diaryl/α,β-unsaturated/α-hetero) is 2. The van der Waals surface area contributed by atoms with Crippen LogP contribution in [0.3, 0.4) is 0 Å². The van der Waals surface area contributed by atoms with Crippen molar-refractivity contribution in [3.8, 4) is 11.5 Å². The van der Waals surface area contributed by atoms with Gasteiger partial charge in [0.05, 0.1) is 10.6 Å². The SMILES string of the molecule is CCc1ccc(Oc2ccc(C(F)(F)F)cc2Cl)cc1C1C(=O)C2C3CCC(CC3)C2C1=O. The van der Waals surface area contributed by atoms with Gasteiger partial charge in [-0.15, -0.1) is 0 Å². The van der Waals surface area contributed by atoms with Gasteiger partial charge in [-0.25, -0.2) is 0 Å². The van der Waals surface area contributed by atoms with E-state index in [9.17, 15) is 22.8 Å². The average Bonchev–Trinajstić information content (AvgIpc) is 3.07. The van der Waals surface area contributed by atoms with Crippen LogP contribution in [-0.4, -0.2) is 11.6 Å². The third-order valence-electron chi connectivity index (χ3n) is 7.74. The van der Waals surface area contributed by atoms with Crippen molar-refractivity contribution in [2.75, 3.05) is 0 Å². The van der Waals surface area contributed by atoms with Crippen LogP contribution >= 0.6 is 11.6 Å². The summed E-state index contributed by atoms with van der Waals surface area (Å²) in [7, 11) is 0. The van der Waals surface area contributed by atoms with Crippen molar-refractivity contribution in [1.82, 2.24) is 0 Å². The van der Waals surface area contributed by atoms with Crippen molar-refractivity contribution in [3.63, 3.8) is 0 Å². The number of fused-ring (bicyclic) bond motifs is 2. The van der Waals surface area contributed by atoms with Gasteiger partial charge >= 0.3 is 6.18 Å². The second kappa shape index (κ2) is 8.15. The minimum atomic E-state index is -4.50. The summed E-state index contributed by atoms with van der Waals surface area (Å²) in [5, 5.41) is -0.165. The van der Waals surface area contributed by atoms with E-state index >= 15 is 0 Å². The van der Waals surface area contributed by atoms with Gasteiger partial charge in [0.15, 0.2) is 11.6 Å². The Balaban J connectivity index is 1.47. The second-order valence-corrected chi connectivity index (χ2v) is 9.83. The molecule has 0 heterocycles. The Morgan fingerprint density at radius 3 is 2.06 bits per heavy atom. The highest BCUT2D eigenvalue weighted by Gasteiger charge is 2.59. The van der Waals surface area contributed by atoms with Crippen LogP contribution in [0.4, 0.5) is 13.2 Å². The Labute approximate surface area is 195 Å². The van der Waals surface area contributed by atoms with Crippen molar-refractivity contribution < 1.29 is 27.5 Å². The first-order chi connectivity index (χ1) is 15.7. The Morgan fingerprint density at radius 1 is 0.939 bits per heavy atom. The van der Waals surface area contributed by atoms with Crippen LogP contribution < -0.4 is 4.74 Å². The Kier molecular flexibility index (Phi) is 5.55. The molecule has 2 unspecified atom stereocenters. The average molecular weight is 477 g/mol. The van der Waals surface area contributed by atoms with Gasteiger partial charge in [-0.2, -0.15) is 13.2 Å². The Hall–Kier alpha value is -2.34. The van der Waals surface area contributed by atoms with Gasteiger partial charge in [0.2, 0.25) is 0 Å². The summed E-state index contributed by atoms with van der Waals surface area (Å²) in [6.07, 6.45) is 0.233. The quantitative estimate of drug-likeness (QED) is 0.446. The summed E-state index contributed by atoms with van der Waals surface area (Å²) in [5.41, 5.74) is 0.696. The van der Waals surface area contributed by atoms with Crippen LogP contribution in [0.1, 0.15) is 55.2 Å². The highest BCUT2D eigenvalue weighted by molar-refractivity contribution is 6.32. The molecule has 2 aromatic rings. The van der Waals surface area contributed by atoms with E-state index in [-0.39, 0.29) is 34.2 Å². The molecule has 0 spiro atoms. The molecule has 6 rings (SSSR count). The number of hydrogen-bond donors (Lipinski definition) is 0. The number of ketones is 2. The minimum absolute atomic E-state index is 0.0267. The molecule has 0 amide bonds. The molecular formula is C26H24ClF3O3. The van der Waals surface area contributed by atoms with Crippen LogP contribution in [0.15, 0.2) is 36.4 Å². The number of benzene rings is 2. The zero-order chi connectivity index (χ0) is 23.5. The largest absolute Gasteiger partial charge is 0.456 e. The lowest BCUT2D eigenvalue weighted by molar-refractivity contribution is -0.137. The topological polar surface area (TPSA) is 43.4 Å². The molecule has 0 saturated heterocycles. The molecule has 0 N–H and O–H groups in total. The molecule has 0 aromatic heterocycles.